The molecule has 0 bridgehead atoms. The summed E-state index contributed by atoms with van der Waals surface area (Å²) in [6.45, 7) is 6.49. The summed E-state index contributed by atoms with van der Waals surface area (Å²) in [5.74, 6) is 0.201. The van der Waals surface area contributed by atoms with Crippen molar-refractivity contribution in [3.05, 3.63) is 87.8 Å². The Bertz CT molecular complexity index is 1380. The number of fused-ring (bicyclic) bond motifs is 1. The lowest BCUT2D eigenvalue weighted by molar-refractivity contribution is 0.198. The topological polar surface area (TPSA) is 61.0 Å². The number of nitrogens with zero attached hydrogens (tertiary/aromatic N) is 3. The number of pyridine rings is 1. The van der Waals surface area contributed by atoms with Crippen molar-refractivity contribution in [3.63, 3.8) is 0 Å². The molecule has 0 unspecified atom stereocenters. The van der Waals surface area contributed by atoms with E-state index in [2.05, 4.69) is 18.7 Å². The van der Waals surface area contributed by atoms with Crippen molar-refractivity contribution in [3.8, 4) is 16.9 Å². The molecular formula is C26H25Cl2N3O2. The van der Waals surface area contributed by atoms with Crippen LogP contribution >= 0.6 is 23.2 Å². The molecule has 0 aliphatic carbocycles. The first-order chi connectivity index (χ1) is 15.9. The third kappa shape index (κ3) is 4.86. The minimum atomic E-state index is 0.201. The lowest BCUT2D eigenvalue weighted by atomic mass is 9.99. The molecule has 4 aromatic rings. The molecule has 2 N–H and O–H groups in total. The van der Waals surface area contributed by atoms with Crippen molar-refractivity contribution in [2.24, 2.45) is 4.99 Å². The first-order valence-electron chi connectivity index (χ1n) is 10.8. The van der Waals surface area contributed by atoms with Gasteiger partial charge >= 0.3 is 0 Å². The van der Waals surface area contributed by atoms with E-state index in [-0.39, 0.29) is 5.75 Å². The average Bonchev–Trinajstić information content (AvgIpc) is 2.81. The molecule has 1 heterocycles. The zero-order valence-electron chi connectivity index (χ0n) is 18.5. The molecule has 0 radical (unpaired) electrons. The molecule has 170 valence electrons. The lowest BCUT2D eigenvalue weighted by Gasteiger charge is -2.20. The summed E-state index contributed by atoms with van der Waals surface area (Å²) in [5, 5.41) is 23.9. The van der Waals surface area contributed by atoms with Crippen molar-refractivity contribution in [1.82, 2.24) is 9.63 Å². The fourth-order valence-corrected chi connectivity index (χ4v) is 4.30. The van der Waals surface area contributed by atoms with Gasteiger partial charge in [-0.3, -0.25) is 4.90 Å². The van der Waals surface area contributed by atoms with Gasteiger partial charge in [-0.15, -0.1) is 0 Å². The standard InChI is InChI=1S/C26H25Cl2N3O2/c1-3-30(4-2)16-17-13-19(15-22(26(17)32)20-7-5-6-8-23(20)28)29-24-11-12-31(33)25-14-18(27)9-10-21(24)25/h5-15,32-33H,3-4,16H2,1-2H3. The van der Waals surface area contributed by atoms with Crippen molar-refractivity contribution >= 4 is 39.8 Å². The summed E-state index contributed by atoms with van der Waals surface area (Å²) >= 11 is 12.6. The average molecular weight is 482 g/mol. The Hall–Kier alpha value is -2.99. The smallest absolute Gasteiger partial charge is 0.128 e. The van der Waals surface area contributed by atoms with Crippen LogP contribution < -0.4 is 5.36 Å². The maximum Gasteiger partial charge on any atom is 0.128 e. The summed E-state index contributed by atoms with van der Waals surface area (Å²) in [6, 6.07) is 18.2. The summed E-state index contributed by atoms with van der Waals surface area (Å²) in [6.07, 6.45) is 1.53. The Labute approximate surface area is 202 Å². The molecule has 3 aromatic carbocycles. The zero-order chi connectivity index (χ0) is 23.5. The summed E-state index contributed by atoms with van der Waals surface area (Å²) in [5.41, 5.74) is 3.38. The predicted molar refractivity (Wildman–Crippen MR) is 135 cm³/mol. The van der Waals surface area contributed by atoms with E-state index < -0.39 is 0 Å². The van der Waals surface area contributed by atoms with Crippen LogP contribution in [-0.4, -0.2) is 33.0 Å². The van der Waals surface area contributed by atoms with E-state index >= 15 is 0 Å². The number of hydrogen-bond acceptors (Lipinski definition) is 4. The third-order valence-electron chi connectivity index (χ3n) is 5.73. The van der Waals surface area contributed by atoms with Gasteiger partial charge in [0.25, 0.3) is 0 Å². The van der Waals surface area contributed by atoms with Gasteiger partial charge in [-0.05, 0) is 55.6 Å². The van der Waals surface area contributed by atoms with Gasteiger partial charge in [0.05, 0.1) is 16.6 Å². The molecule has 0 saturated heterocycles. The number of phenols is 1. The Kier molecular flexibility index (Phi) is 6.94. The molecule has 7 heteroatoms. The van der Waals surface area contributed by atoms with Crippen LogP contribution in [0.3, 0.4) is 0 Å². The van der Waals surface area contributed by atoms with Gasteiger partial charge < -0.3 is 10.3 Å². The van der Waals surface area contributed by atoms with Crippen molar-refractivity contribution in [1.29, 1.82) is 0 Å². The van der Waals surface area contributed by atoms with Gasteiger partial charge in [-0.2, -0.15) is 4.73 Å². The summed E-state index contributed by atoms with van der Waals surface area (Å²) < 4.78 is 1.03. The first kappa shape index (κ1) is 23.2. The SMILES string of the molecule is CCN(CC)Cc1cc(N=c2ccn(O)c3cc(Cl)ccc23)cc(-c2ccccc2Cl)c1O. The maximum atomic E-state index is 11.2. The Morgan fingerprint density at radius 3 is 2.42 bits per heavy atom. The Morgan fingerprint density at radius 2 is 1.70 bits per heavy atom. The number of hydrogen-bond donors (Lipinski definition) is 2. The highest BCUT2D eigenvalue weighted by Crippen LogP contribution is 2.39. The van der Waals surface area contributed by atoms with Gasteiger partial charge in [0.1, 0.15) is 5.75 Å². The van der Waals surface area contributed by atoms with E-state index in [9.17, 15) is 10.3 Å². The molecule has 1 aromatic heterocycles. The monoisotopic (exact) mass is 481 g/mol. The number of rotatable bonds is 6. The molecule has 4 rings (SSSR count). The van der Waals surface area contributed by atoms with Crippen LogP contribution in [0.1, 0.15) is 19.4 Å². The van der Waals surface area contributed by atoms with E-state index in [1.165, 1.54) is 6.20 Å². The third-order valence-corrected chi connectivity index (χ3v) is 6.30. The highest BCUT2D eigenvalue weighted by molar-refractivity contribution is 6.33. The Balaban J connectivity index is 1.96. The molecule has 0 atom stereocenters. The quantitative estimate of drug-likeness (QED) is 0.303. The molecule has 0 aliphatic rings. The van der Waals surface area contributed by atoms with E-state index in [0.29, 0.717) is 38.7 Å². The first-order valence-corrected chi connectivity index (χ1v) is 11.5. The van der Waals surface area contributed by atoms with Crippen LogP contribution in [0.25, 0.3) is 22.0 Å². The van der Waals surface area contributed by atoms with Gasteiger partial charge in [-0.25, -0.2) is 4.99 Å². The molecule has 5 nitrogen and oxygen atoms in total. The van der Waals surface area contributed by atoms with Crippen molar-refractivity contribution in [2.75, 3.05) is 13.1 Å². The minimum Gasteiger partial charge on any atom is -0.507 e. The number of halogens is 2. The number of aromatic hydroxyl groups is 1. The highest BCUT2D eigenvalue weighted by atomic mass is 35.5. The number of benzene rings is 3. The fraction of sp³-hybridized carbons (Fsp3) is 0.192. The van der Waals surface area contributed by atoms with E-state index in [4.69, 9.17) is 28.2 Å². The summed E-state index contributed by atoms with van der Waals surface area (Å²) in [7, 11) is 0. The van der Waals surface area contributed by atoms with E-state index in [0.717, 1.165) is 34.3 Å². The van der Waals surface area contributed by atoms with Crippen LogP contribution in [0.15, 0.2) is 71.9 Å². The van der Waals surface area contributed by atoms with Crippen molar-refractivity contribution < 1.29 is 10.3 Å². The second-order valence-corrected chi connectivity index (χ2v) is 8.60. The predicted octanol–water partition coefficient (Wildman–Crippen LogP) is 6.63. The maximum absolute atomic E-state index is 11.2. The second-order valence-electron chi connectivity index (χ2n) is 7.76. The Morgan fingerprint density at radius 1 is 0.939 bits per heavy atom. The van der Waals surface area contributed by atoms with Crippen LogP contribution in [0.5, 0.6) is 5.75 Å². The molecule has 0 fully saturated rings. The molecule has 33 heavy (non-hydrogen) atoms. The molecule has 0 spiro atoms. The number of aromatic nitrogens is 1. The van der Waals surface area contributed by atoms with Crippen LogP contribution in [-0.2, 0) is 6.54 Å². The fourth-order valence-electron chi connectivity index (χ4n) is 3.89. The normalized spacial score (nSPS) is 12.1. The zero-order valence-corrected chi connectivity index (χ0v) is 20.0. The largest absolute Gasteiger partial charge is 0.507 e. The van der Waals surface area contributed by atoms with Crippen LogP contribution in [0.4, 0.5) is 5.69 Å². The molecular weight excluding hydrogens is 457 g/mol. The molecule has 0 aliphatic heterocycles. The van der Waals surface area contributed by atoms with Gasteiger partial charge in [0.15, 0.2) is 0 Å². The molecule has 0 amide bonds. The van der Waals surface area contributed by atoms with E-state index in [1.807, 2.05) is 36.4 Å². The van der Waals surface area contributed by atoms with Gasteiger partial charge in [0, 0.05) is 44.9 Å². The van der Waals surface area contributed by atoms with Crippen molar-refractivity contribution in [2.45, 2.75) is 20.4 Å². The number of phenolic OH excluding ortho intramolecular Hbond substituents is 1. The second kappa shape index (κ2) is 9.87. The van der Waals surface area contributed by atoms with Crippen LogP contribution in [0, 0.1) is 0 Å². The molecule has 0 saturated carbocycles. The van der Waals surface area contributed by atoms with Gasteiger partial charge in [-0.1, -0.05) is 55.2 Å². The van der Waals surface area contributed by atoms with Crippen LogP contribution in [0.2, 0.25) is 10.0 Å². The van der Waals surface area contributed by atoms with E-state index in [1.54, 1.807) is 24.3 Å². The minimum absolute atomic E-state index is 0.201. The lowest BCUT2D eigenvalue weighted by Crippen LogP contribution is -2.22. The highest BCUT2D eigenvalue weighted by Gasteiger charge is 2.16. The van der Waals surface area contributed by atoms with Gasteiger partial charge in [0.2, 0.25) is 0 Å². The summed E-state index contributed by atoms with van der Waals surface area (Å²) in [4.78, 5) is 7.10.